The first-order valence-corrected chi connectivity index (χ1v) is 9.46. The first-order valence-electron chi connectivity index (χ1n) is 9.46. The lowest BCUT2D eigenvalue weighted by Crippen LogP contribution is -2.35. The van der Waals surface area contributed by atoms with Gasteiger partial charge in [0.05, 0.1) is 17.9 Å². The summed E-state index contributed by atoms with van der Waals surface area (Å²) in [5, 5.41) is 9.24. The summed E-state index contributed by atoms with van der Waals surface area (Å²) in [6.45, 7) is 10.4. The molecule has 0 atom stereocenters. The number of nitrogens with zero attached hydrogens (tertiary/aromatic N) is 3. The van der Waals surface area contributed by atoms with Crippen LogP contribution in [0.2, 0.25) is 0 Å². The Morgan fingerprint density at radius 2 is 1.59 bits per heavy atom. The van der Waals surface area contributed by atoms with Crippen molar-refractivity contribution in [2.75, 3.05) is 18.1 Å². The summed E-state index contributed by atoms with van der Waals surface area (Å²) < 4.78 is 12.0. The van der Waals surface area contributed by atoms with Gasteiger partial charge in [0.1, 0.15) is 11.4 Å². The molecule has 1 aromatic carbocycles. The maximum absolute atomic E-state index is 11.6. The molecule has 1 aromatic rings. The standard InChI is InChI=1S/C20H28N4O5/c1-14(25)21-12-10-19(2,3)28-13-11-20(4,5)29-16-8-6-15(7-9-16)24-17(26)22-23-18(24)27/h6-9H,10-13H2,1-5H3,(H,21,25). The predicted octanol–water partition coefficient (Wildman–Crippen LogP) is 4.07. The van der Waals surface area contributed by atoms with Gasteiger partial charge in [0, 0.05) is 19.9 Å². The third-order valence-corrected chi connectivity index (χ3v) is 4.39. The van der Waals surface area contributed by atoms with Crippen molar-refractivity contribution in [1.82, 2.24) is 5.32 Å². The van der Waals surface area contributed by atoms with E-state index >= 15 is 0 Å². The summed E-state index contributed by atoms with van der Waals surface area (Å²) in [4.78, 5) is 35.0. The Bertz CT molecular complexity index is 769. The normalized spacial score (nSPS) is 14.4. The van der Waals surface area contributed by atoms with Gasteiger partial charge in [-0.25, -0.2) is 14.5 Å². The Hall–Kier alpha value is -2.81. The maximum Gasteiger partial charge on any atom is 0.375 e. The number of benzene rings is 1. The lowest BCUT2D eigenvalue weighted by molar-refractivity contribution is -0.119. The molecule has 0 radical (unpaired) electrons. The Balaban J connectivity index is 1.83. The van der Waals surface area contributed by atoms with Crippen LogP contribution in [0.5, 0.6) is 5.75 Å². The number of imide groups is 1. The molecule has 0 aromatic heterocycles. The van der Waals surface area contributed by atoms with E-state index in [2.05, 4.69) is 15.5 Å². The van der Waals surface area contributed by atoms with E-state index in [0.29, 0.717) is 37.4 Å². The van der Waals surface area contributed by atoms with Crippen molar-refractivity contribution < 1.29 is 23.9 Å². The average molecular weight is 404 g/mol. The summed E-state index contributed by atoms with van der Waals surface area (Å²) >= 11 is 0. The van der Waals surface area contributed by atoms with Crippen molar-refractivity contribution in [2.24, 2.45) is 10.2 Å². The molecule has 0 unspecified atom stereocenters. The lowest BCUT2D eigenvalue weighted by Gasteiger charge is -2.30. The van der Waals surface area contributed by atoms with Gasteiger partial charge in [0.25, 0.3) is 0 Å². The maximum atomic E-state index is 11.6. The van der Waals surface area contributed by atoms with E-state index in [0.717, 1.165) is 4.90 Å². The van der Waals surface area contributed by atoms with Crippen molar-refractivity contribution in [3.63, 3.8) is 0 Å². The number of nitrogens with one attached hydrogen (secondary N) is 1. The fraction of sp³-hybridized carbons (Fsp3) is 0.550. The Morgan fingerprint density at radius 1 is 1.00 bits per heavy atom. The van der Waals surface area contributed by atoms with Gasteiger partial charge in [-0.3, -0.25) is 4.79 Å². The monoisotopic (exact) mass is 404 g/mol. The molecule has 9 heteroatoms. The topological polar surface area (TPSA) is 110 Å². The fourth-order valence-electron chi connectivity index (χ4n) is 2.70. The molecule has 0 bridgehead atoms. The summed E-state index contributed by atoms with van der Waals surface area (Å²) in [6, 6.07) is 5.19. The summed E-state index contributed by atoms with van der Waals surface area (Å²) in [5.74, 6) is 0.556. The first-order chi connectivity index (χ1) is 13.5. The molecule has 0 fully saturated rings. The van der Waals surface area contributed by atoms with Crippen LogP contribution in [0.25, 0.3) is 0 Å². The number of ether oxygens (including phenoxy) is 2. The summed E-state index contributed by atoms with van der Waals surface area (Å²) in [5.41, 5.74) is -0.455. The van der Waals surface area contributed by atoms with Gasteiger partial charge in [0.2, 0.25) is 5.91 Å². The molecule has 5 amide bonds. The Morgan fingerprint density at radius 3 is 2.14 bits per heavy atom. The van der Waals surface area contributed by atoms with Gasteiger partial charge < -0.3 is 14.8 Å². The predicted molar refractivity (Wildman–Crippen MR) is 107 cm³/mol. The molecule has 158 valence electrons. The van der Waals surface area contributed by atoms with Crippen LogP contribution < -0.4 is 15.0 Å². The minimum Gasteiger partial charge on any atom is -0.488 e. The van der Waals surface area contributed by atoms with E-state index in [4.69, 9.17) is 9.47 Å². The number of azo groups is 1. The number of anilines is 1. The number of carbonyl (C=O) groups excluding carboxylic acids is 3. The molecule has 1 N–H and O–H groups in total. The van der Waals surface area contributed by atoms with E-state index in [1.54, 1.807) is 24.3 Å². The number of rotatable bonds is 10. The molecule has 2 rings (SSSR count). The van der Waals surface area contributed by atoms with Crippen LogP contribution >= 0.6 is 0 Å². The molecule has 1 heterocycles. The lowest BCUT2D eigenvalue weighted by atomic mass is 10.0. The van der Waals surface area contributed by atoms with E-state index in [1.165, 1.54) is 6.92 Å². The number of urea groups is 2. The van der Waals surface area contributed by atoms with Crippen LogP contribution in [0, 0.1) is 0 Å². The van der Waals surface area contributed by atoms with Crippen molar-refractivity contribution in [2.45, 2.75) is 58.7 Å². The number of hydrogen-bond acceptors (Lipinski definition) is 5. The highest BCUT2D eigenvalue weighted by Crippen LogP contribution is 2.27. The molecular weight excluding hydrogens is 376 g/mol. The quantitative estimate of drug-likeness (QED) is 0.632. The van der Waals surface area contributed by atoms with Crippen LogP contribution in [0.1, 0.15) is 47.5 Å². The van der Waals surface area contributed by atoms with E-state index in [9.17, 15) is 14.4 Å². The molecule has 1 aliphatic heterocycles. The average Bonchev–Trinajstić information content (AvgIpc) is 2.93. The zero-order valence-corrected chi connectivity index (χ0v) is 17.5. The molecule has 0 spiro atoms. The van der Waals surface area contributed by atoms with Crippen LogP contribution in [-0.2, 0) is 9.53 Å². The molecule has 0 saturated carbocycles. The molecule has 1 aliphatic rings. The first kappa shape index (κ1) is 22.5. The summed E-state index contributed by atoms with van der Waals surface area (Å²) in [6.07, 6.45) is 1.36. The van der Waals surface area contributed by atoms with Crippen molar-refractivity contribution in [3.05, 3.63) is 24.3 Å². The van der Waals surface area contributed by atoms with Crippen molar-refractivity contribution >= 4 is 23.7 Å². The van der Waals surface area contributed by atoms with Crippen molar-refractivity contribution in [1.29, 1.82) is 0 Å². The number of carbonyl (C=O) groups is 3. The molecule has 0 saturated heterocycles. The van der Waals surface area contributed by atoms with Gasteiger partial charge in [0.15, 0.2) is 0 Å². The molecule has 29 heavy (non-hydrogen) atoms. The SMILES string of the molecule is CC(=O)NCCC(C)(C)OCCC(C)(C)Oc1ccc(N2C(=O)N=NC2=O)cc1. The highest BCUT2D eigenvalue weighted by atomic mass is 16.5. The number of amides is 5. The largest absolute Gasteiger partial charge is 0.488 e. The van der Waals surface area contributed by atoms with E-state index in [-0.39, 0.29) is 11.5 Å². The highest BCUT2D eigenvalue weighted by Gasteiger charge is 2.29. The van der Waals surface area contributed by atoms with Crippen LogP contribution in [-0.4, -0.2) is 42.3 Å². The highest BCUT2D eigenvalue weighted by molar-refractivity contribution is 6.17. The second kappa shape index (κ2) is 9.13. The second-order valence-electron chi connectivity index (χ2n) is 8.05. The smallest absolute Gasteiger partial charge is 0.375 e. The third kappa shape index (κ3) is 6.94. The Kier molecular flexibility index (Phi) is 7.07. The van der Waals surface area contributed by atoms with Gasteiger partial charge in [-0.15, -0.1) is 0 Å². The zero-order chi connectivity index (χ0) is 21.7. The van der Waals surface area contributed by atoms with Crippen LogP contribution in [0.3, 0.4) is 0 Å². The minimum atomic E-state index is -0.706. The third-order valence-electron chi connectivity index (χ3n) is 4.39. The van der Waals surface area contributed by atoms with Crippen LogP contribution in [0.4, 0.5) is 15.3 Å². The van der Waals surface area contributed by atoms with Gasteiger partial charge in [-0.1, -0.05) is 10.2 Å². The van der Waals surface area contributed by atoms with Crippen LogP contribution in [0.15, 0.2) is 34.5 Å². The molecular formula is C20H28N4O5. The van der Waals surface area contributed by atoms with E-state index < -0.39 is 17.7 Å². The second-order valence-corrected chi connectivity index (χ2v) is 8.05. The minimum absolute atomic E-state index is 0.0522. The Labute approximate surface area is 170 Å². The summed E-state index contributed by atoms with van der Waals surface area (Å²) in [7, 11) is 0. The molecule has 9 nitrogen and oxygen atoms in total. The van der Waals surface area contributed by atoms with Gasteiger partial charge in [-0.2, -0.15) is 0 Å². The van der Waals surface area contributed by atoms with Gasteiger partial charge >= 0.3 is 12.1 Å². The van der Waals surface area contributed by atoms with E-state index in [1.807, 2.05) is 27.7 Å². The van der Waals surface area contributed by atoms with Crippen molar-refractivity contribution in [3.8, 4) is 5.75 Å². The number of hydrogen-bond donors (Lipinski definition) is 1. The van der Waals surface area contributed by atoms with Gasteiger partial charge in [-0.05, 0) is 58.4 Å². The fourth-order valence-corrected chi connectivity index (χ4v) is 2.70. The molecule has 0 aliphatic carbocycles. The zero-order valence-electron chi connectivity index (χ0n) is 17.5.